The molecule has 2 aromatic carbocycles. The molecule has 0 saturated heterocycles. The van der Waals surface area contributed by atoms with E-state index in [0.717, 1.165) is 34.6 Å². The fourth-order valence-corrected chi connectivity index (χ4v) is 4.50. The quantitative estimate of drug-likeness (QED) is 0.183. The second-order valence-corrected chi connectivity index (χ2v) is 12.1. The summed E-state index contributed by atoms with van der Waals surface area (Å²) in [7, 11) is 0. The summed E-state index contributed by atoms with van der Waals surface area (Å²) in [5.41, 5.74) is 3.97. The molecule has 0 radical (unpaired) electrons. The number of H-pyrrole nitrogens is 2. The Morgan fingerprint density at radius 1 is 0.902 bits per heavy atom. The summed E-state index contributed by atoms with van der Waals surface area (Å²) in [5.74, 6) is 2.08. The second-order valence-electron chi connectivity index (χ2n) is 12.1. The Labute approximate surface area is 240 Å². The zero-order valence-electron chi connectivity index (χ0n) is 24.7. The molecule has 4 rings (SSSR count). The van der Waals surface area contributed by atoms with Gasteiger partial charge in [-0.15, -0.1) is 0 Å². The first-order chi connectivity index (χ1) is 19.3. The van der Waals surface area contributed by atoms with Crippen LogP contribution >= 0.6 is 0 Å². The number of hydrogen-bond donors (Lipinski definition) is 3. The third-order valence-electron chi connectivity index (χ3n) is 6.77. The molecule has 41 heavy (non-hydrogen) atoms. The third-order valence-corrected chi connectivity index (χ3v) is 6.77. The predicted octanol–water partition coefficient (Wildman–Crippen LogP) is 7.79. The van der Waals surface area contributed by atoms with E-state index in [4.69, 9.17) is 4.74 Å². The molecule has 1 atom stereocenters. The highest BCUT2D eigenvalue weighted by Gasteiger charge is 2.28. The predicted molar refractivity (Wildman–Crippen MR) is 157 cm³/mol. The highest BCUT2D eigenvalue weighted by atomic mass is 19.3. The van der Waals surface area contributed by atoms with Crippen molar-refractivity contribution in [2.24, 2.45) is 17.3 Å². The Morgan fingerprint density at radius 2 is 1.54 bits per heavy atom. The van der Waals surface area contributed by atoms with E-state index >= 15 is 0 Å². The molecule has 1 amide bonds. The van der Waals surface area contributed by atoms with Gasteiger partial charge in [0.05, 0.1) is 29.8 Å². The number of aromatic nitrogens is 4. The zero-order valence-corrected chi connectivity index (χ0v) is 24.7. The normalized spacial score (nSPS) is 12.8. The average molecular weight is 564 g/mol. The molecule has 0 unspecified atom stereocenters. The summed E-state index contributed by atoms with van der Waals surface area (Å²) in [6.45, 7) is 11.0. The number of imidazole rings is 2. The molecule has 9 heteroatoms. The number of carbonyl (C=O) groups excluding carboxylic acids is 1. The molecule has 3 N–H and O–H groups in total. The number of ether oxygens (including phenoxy) is 1. The van der Waals surface area contributed by atoms with Gasteiger partial charge in [-0.2, -0.15) is 8.78 Å². The van der Waals surface area contributed by atoms with Gasteiger partial charge in [0.25, 0.3) is 0 Å². The molecule has 7 nitrogen and oxygen atoms in total. The standard InChI is InChI=1S/C32H39F2N5O2/c1-18(2)14-27-35-17-25(37-27)23-13-12-22(15-26(23)41-31(33)34)20-8-10-21(11-9-20)24-16-36-29(38-24)28(19(3)4)39-30(40)32(5,6)7/h8-13,15-19,28,31H,14H2,1-7H3,(H,35,37)(H,36,38)(H,39,40)/t28-/m0/s1. The van der Waals surface area contributed by atoms with E-state index in [1.165, 1.54) is 0 Å². The summed E-state index contributed by atoms with van der Waals surface area (Å²) in [5, 5.41) is 3.11. The summed E-state index contributed by atoms with van der Waals surface area (Å²) >= 11 is 0. The number of benzene rings is 2. The van der Waals surface area contributed by atoms with Crippen molar-refractivity contribution < 1.29 is 18.3 Å². The van der Waals surface area contributed by atoms with Crippen molar-refractivity contribution >= 4 is 5.91 Å². The van der Waals surface area contributed by atoms with Crippen LogP contribution in [-0.2, 0) is 11.2 Å². The number of alkyl halides is 2. The summed E-state index contributed by atoms with van der Waals surface area (Å²) in [6.07, 6.45) is 4.16. The Bertz CT molecular complexity index is 1470. The van der Waals surface area contributed by atoms with Gasteiger partial charge >= 0.3 is 6.61 Å². The van der Waals surface area contributed by atoms with Crippen LogP contribution in [0, 0.1) is 17.3 Å². The fraction of sp³-hybridized carbons (Fsp3) is 0.406. The van der Waals surface area contributed by atoms with Crippen LogP contribution in [0.5, 0.6) is 5.75 Å². The van der Waals surface area contributed by atoms with Gasteiger partial charge in [-0.05, 0) is 40.7 Å². The SMILES string of the molecule is CC(C)Cc1ncc(-c2ccc(-c3ccc(-c4cnc([C@@H](NC(=O)C(C)(C)C)C(C)C)[nH]4)cc3)cc2OC(F)F)[nH]1. The van der Waals surface area contributed by atoms with E-state index in [0.29, 0.717) is 23.0 Å². The molecule has 0 aliphatic carbocycles. The minimum absolute atomic E-state index is 0.0387. The summed E-state index contributed by atoms with van der Waals surface area (Å²) in [6, 6.07) is 12.8. The number of hydrogen-bond acceptors (Lipinski definition) is 4. The maximum Gasteiger partial charge on any atom is 0.387 e. The molecule has 0 aliphatic rings. The van der Waals surface area contributed by atoms with Crippen molar-refractivity contribution in [2.45, 2.75) is 67.5 Å². The first-order valence-corrected chi connectivity index (χ1v) is 13.9. The fourth-order valence-electron chi connectivity index (χ4n) is 4.50. The van der Waals surface area contributed by atoms with Gasteiger partial charge in [0.2, 0.25) is 5.91 Å². The van der Waals surface area contributed by atoms with E-state index in [1.807, 2.05) is 65.0 Å². The van der Waals surface area contributed by atoms with Gasteiger partial charge < -0.3 is 20.0 Å². The van der Waals surface area contributed by atoms with Crippen molar-refractivity contribution in [3.05, 3.63) is 66.5 Å². The maximum absolute atomic E-state index is 13.3. The number of nitrogens with zero attached hydrogens (tertiary/aromatic N) is 2. The van der Waals surface area contributed by atoms with Crippen molar-refractivity contribution in [3.63, 3.8) is 0 Å². The molecule has 0 spiro atoms. The Morgan fingerprint density at radius 3 is 2.15 bits per heavy atom. The second kappa shape index (κ2) is 12.2. The highest BCUT2D eigenvalue weighted by Crippen LogP contribution is 2.35. The molecule has 2 aromatic heterocycles. The number of amides is 1. The largest absolute Gasteiger partial charge is 0.434 e. The van der Waals surface area contributed by atoms with Crippen LogP contribution in [0.4, 0.5) is 8.78 Å². The summed E-state index contributed by atoms with van der Waals surface area (Å²) in [4.78, 5) is 28.2. The van der Waals surface area contributed by atoms with E-state index in [9.17, 15) is 13.6 Å². The number of rotatable bonds is 10. The lowest BCUT2D eigenvalue weighted by molar-refractivity contribution is -0.129. The van der Waals surface area contributed by atoms with Crippen molar-refractivity contribution in [1.82, 2.24) is 25.3 Å². The van der Waals surface area contributed by atoms with Crippen LogP contribution in [0.15, 0.2) is 54.9 Å². The topological polar surface area (TPSA) is 95.7 Å². The first kappa shape index (κ1) is 30.0. The zero-order chi connectivity index (χ0) is 29.9. The van der Waals surface area contributed by atoms with E-state index in [1.54, 1.807) is 24.5 Å². The molecule has 0 saturated carbocycles. The van der Waals surface area contributed by atoms with E-state index in [2.05, 4.69) is 39.1 Å². The lowest BCUT2D eigenvalue weighted by Gasteiger charge is -2.25. The highest BCUT2D eigenvalue weighted by molar-refractivity contribution is 5.81. The van der Waals surface area contributed by atoms with Crippen LogP contribution in [-0.4, -0.2) is 32.5 Å². The minimum Gasteiger partial charge on any atom is -0.434 e. The molecule has 218 valence electrons. The van der Waals surface area contributed by atoms with Crippen molar-refractivity contribution in [1.29, 1.82) is 0 Å². The monoisotopic (exact) mass is 563 g/mol. The van der Waals surface area contributed by atoms with Crippen LogP contribution < -0.4 is 10.1 Å². The van der Waals surface area contributed by atoms with Gasteiger partial charge in [0, 0.05) is 17.4 Å². The Kier molecular flexibility index (Phi) is 8.95. The smallest absolute Gasteiger partial charge is 0.387 e. The van der Waals surface area contributed by atoms with Crippen molar-refractivity contribution in [3.8, 4) is 39.4 Å². The average Bonchev–Trinajstić information content (AvgIpc) is 3.56. The molecule has 0 fully saturated rings. The van der Waals surface area contributed by atoms with Crippen molar-refractivity contribution in [2.75, 3.05) is 0 Å². The maximum atomic E-state index is 13.3. The molecular weight excluding hydrogens is 524 g/mol. The van der Waals surface area contributed by atoms with Gasteiger partial charge in [0.1, 0.15) is 17.4 Å². The molecule has 0 aliphatic heterocycles. The number of carbonyl (C=O) groups is 1. The number of nitrogens with one attached hydrogen (secondary N) is 3. The molecule has 0 bridgehead atoms. The first-order valence-electron chi connectivity index (χ1n) is 13.9. The third kappa shape index (κ3) is 7.39. The number of aromatic amines is 2. The van der Waals surface area contributed by atoms with Gasteiger partial charge in [0.15, 0.2) is 0 Å². The van der Waals surface area contributed by atoms with Crippen LogP contribution in [0.3, 0.4) is 0 Å². The Hall–Kier alpha value is -4.01. The minimum atomic E-state index is -2.96. The molecular formula is C32H39F2N5O2. The molecule has 2 heterocycles. The Balaban J connectivity index is 1.57. The molecule has 4 aromatic rings. The van der Waals surface area contributed by atoms with Crippen LogP contribution in [0.2, 0.25) is 0 Å². The van der Waals surface area contributed by atoms with Gasteiger partial charge in [-0.3, -0.25) is 4.79 Å². The van der Waals surface area contributed by atoms with E-state index in [-0.39, 0.29) is 23.6 Å². The van der Waals surface area contributed by atoms with Gasteiger partial charge in [-0.1, -0.05) is 78.8 Å². The lowest BCUT2D eigenvalue weighted by atomic mass is 9.94. The lowest BCUT2D eigenvalue weighted by Crippen LogP contribution is -2.39. The number of halogens is 2. The van der Waals surface area contributed by atoms with Crippen LogP contribution in [0.25, 0.3) is 33.6 Å². The summed E-state index contributed by atoms with van der Waals surface area (Å²) < 4.78 is 31.6. The van der Waals surface area contributed by atoms with Crippen LogP contribution in [0.1, 0.15) is 66.2 Å². The van der Waals surface area contributed by atoms with E-state index < -0.39 is 12.0 Å². The van der Waals surface area contributed by atoms with Gasteiger partial charge in [-0.25, -0.2) is 9.97 Å².